The molecule has 1 fully saturated rings. The second-order valence-corrected chi connectivity index (χ2v) is 8.44. The van der Waals surface area contributed by atoms with Gasteiger partial charge in [0.05, 0.1) is 18.7 Å². The lowest BCUT2D eigenvalue weighted by molar-refractivity contribution is -0.344. The lowest BCUT2D eigenvalue weighted by atomic mass is 9.93. The maximum absolute atomic E-state index is 13.6. The first-order valence-corrected chi connectivity index (χ1v) is 10.8. The number of esters is 1. The number of amides is 2. The van der Waals surface area contributed by atoms with Gasteiger partial charge in [-0.3, -0.25) is 14.4 Å². The fraction of sp³-hybridized carbons (Fsp3) is 0.619. The first-order valence-electron chi connectivity index (χ1n) is 10.8. The predicted molar refractivity (Wildman–Crippen MR) is 108 cm³/mol. The molecule has 36 heavy (non-hydrogen) atoms. The molecule has 0 spiro atoms. The number of ether oxygens (including phenoxy) is 1. The van der Waals surface area contributed by atoms with E-state index in [1.807, 2.05) is 0 Å². The van der Waals surface area contributed by atoms with E-state index >= 15 is 0 Å². The summed E-state index contributed by atoms with van der Waals surface area (Å²) in [7, 11) is 1.27. The molecule has 3 rings (SSSR count). The zero-order valence-corrected chi connectivity index (χ0v) is 19.1. The van der Waals surface area contributed by atoms with Crippen LogP contribution in [0, 0.1) is 12.8 Å². The Labute approximate surface area is 199 Å². The van der Waals surface area contributed by atoms with Crippen molar-refractivity contribution in [1.29, 1.82) is 0 Å². The second-order valence-electron chi connectivity index (χ2n) is 8.44. The minimum absolute atomic E-state index is 0.0487. The molecule has 0 saturated carbocycles. The molecule has 1 aliphatic heterocycles. The molecular weight excluding hydrogens is 507 g/mol. The van der Waals surface area contributed by atoms with Gasteiger partial charge in [0.15, 0.2) is 5.76 Å². The van der Waals surface area contributed by atoms with Crippen LogP contribution in [0.2, 0.25) is 0 Å². The number of furan rings is 1. The van der Waals surface area contributed by atoms with Gasteiger partial charge in [0.2, 0.25) is 0 Å². The number of likely N-dealkylation sites (tertiary alicyclic amines) is 1. The van der Waals surface area contributed by atoms with Gasteiger partial charge in [0.25, 0.3) is 5.91 Å². The van der Waals surface area contributed by atoms with Crippen LogP contribution in [-0.2, 0) is 20.7 Å². The molecule has 1 aromatic rings. The molecule has 1 aromatic heterocycles. The number of hydrogen-bond donors (Lipinski definition) is 1. The summed E-state index contributed by atoms with van der Waals surface area (Å²) in [5, 5.41) is 3.37. The number of carbonyl (C=O) groups is 3. The van der Waals surface area contributed by atoms with Gasteiger partial charge in [-0.2, -0.15) is 35.8 Å². The van der Waals surface area contributed by atoms with E-state index in [1.54, 1.807) is 0 Å². The Hall–Kier alpha value is -3.13. The number of rotatable bonds is 5. The summed E-state index contributed by atoms with van der Waals surface area (Å²) in [6.45, 7) is 1.94. The molecular formula is C21H22F7N3O5. The van der Waals surface area contributed by atoms with E-state index < -0.39 is 29.8 Å². The van der Waals surface area contributed by atoms with Gasteiger partial charge in [-0.05, 0) is 32.6 Å². The van der Waals surface area contributed by atoms with Crippen molar-refractivity contribution < 1.29 is 54.3 Å². The molecule has 1 saturated heterocycles. The van der Waals surface area contributed by atoms with Crippen LogP contribution in [0.5, 0.6) is 0 Å². The molecule has 1 aliphatic carbocycles. The number of piperidine rings is 1. The highest BCUT2D eigenvalue weighted by molar-refractivity contribution is 6.06. The highest BCUT2D eigenvalue weighted by Crippen LogP contribution is 2.46. The number of alkyl halides is 7. The Morgan fingerprint density at radius 2 is 1.67 bits per heavy atom. The number of hydrogen-bond acceptors (Lipinski definition) is 6. The van der Waals surface area contributed by atoms with Crippen LogP contribution in [0.1, 0.15) is 53.1 Å². The van der Waals surface area contributed by atoms with Crippen molar-refractivity contribution in [1.82, 2.24) is 10.3 Å². The summed E-state index contributed by atoms with van der Waals surface area (Å²) in [6.07, 6.45) is -5.25. The Kier molecular flexibility index (Phi) is 7.42. The minimum Gasteiger partial charge on any atom is -0.469 e. The molecule has 8 nitrogen and oxygen atoms in total. The van der Waals surface area contributed by atoms with Gasteiger partial charge >= 0.3 is 29.9 Å². The van der Waals surface area contributed by atoms with Crippen molar-refractivity contribution in [3.05, 3.63) is 22.6 Å². The third-order valence-electron chi connectivity index (χ3n) is 6.16. The Morgan fingerprint density at radius 1 is 1.06 bits per heavy atom. The SMILES string of the molecule is COC(=O)C1CCN(C(=O)c2oc3c(c2C)/C(=N/NC(=O)C(F)(F)C(F)(F)C(F)(F)F)CCC3)CC1. The van der Waals surface area contributed by atoms with Gasteiger partial charge < -0.3 is 14.1 Å². The average molecular weight is 529 g/mol. The highest BCUT2D eigenvalue weighted by atomic mass is 19.4. The van der Waals surface area contributed by atoms with Gasteiger partial charge in [0.1, 0.15) is 5.76 Å². The first-order chi connectivity index (χ1) is 16.6. The van der Waals surface area contributed by atoms with Crippen molar-refractivity contribution in [2.45, 2.75) is 57.0 Å². The largest absolute Gasteiger partial charge is 0.469 e. The lowest BCUT2D eigenvalue weighted by Gasteiger charge is -2.30. The number of halogens is 7. The van der Waals surface area contributed by atoms with E-state index in [9.17, 15) is 45.1 Å². The molecule has 2 amide bonds. The average Bonchev–Trinajstić information content (AvgIpc) is 3.17. The predicted octanol–water partition coefficient (Wildman–Crippen LogP) is 3.60. The fourth-order valence-corrected chi connectivity index (χ4v) is 4.12. The molecule has 2 aliphatic rings. The van der Waals surface area contributed by atoms with Crippen LogP contribution < -0.4 is 5.43 Å². The van der Waals surface area contributed by atoms with E-state index in [4.69, 9.17) is 9.15 Å². The standard InChI is InChI=1S/C21H22F7N3O5/c1-10-14-12(29-30-18(34)19(22,23)20(24,25)21(26,27)28)4-3-5-13(14)36-15(10)16(32)31-8-6-11(7-9-31)17(33)35-2/h11H,3-9H2,1-2H3,(H,30,34)/b29-12+. The molecule has 2 heterocycles. The number of methoxy groups -OCH3 is 1. The second kappa shape index (κ2) is 9.73. The van der Waals surface area contributed by atoms with Crippen LogP contribution in [0.3, 0.4) is 0 Å². The maximum atomic E-state index is 13.6. The van der Waals surface area contributed by atoms with Gasteiger partial charge in [-0.1, -0.05) is 0 Å². The van der Waals surface area contributed by atoms with Gasteiger partial charge in [0, 0.05) is 30.6 Å². The third-order valence-corrected chi connectivity index (χ3v) is 6.16. The van der Waals surface area contributed by atoms with Crippen LogP contribution in [0.4, 0.5) is 30.7 Å². The summed E-state index contributed by atoms with van der Waals surface area (Å²) in [5.74, 6) is -16.8. The fourth-order valence-electron chi connectivity index (χ4n) is 4.12. The molecule has 0 unspecified atom stereocenters. The maximum Gasteiger partial charge on any atom is 0.460 e. The van der Waals surface area contributed by atoms with Crippen molar-refractivity contribution in [3.8, 4) is 0 Å². The number of nitrogens with one attached hydrogen (secondary N) is 1. The molecule has 0 aromatic carbocycles. The van der Waals surface area contributed by atoms with Crippen molar-refractivity contribution >= 4 is 23.5 Å². The smallest absolute Gasteiger partial charge is 0.460 e. The van der Waals surface area contributed by atoms with Crippen LogP contribution in [0.25, 0.3) is 0 Å². The van der Waals surface area contributed by atoms with Gasteiger partial charge in [-0.15, -0.1) is 0 Å². The van der Waals surface area contributed by atoms with Crippen LogP contribution >= 0.6 is 0 Å². The van der Waals surface area contributed by atoms with Crippen molar-refractivity contribution in [2.24, 2.45) is 11.0 Å². The Bertz CT molecular complexity index is 1070. The monoisotopic (exact) mass is 529 g/mol. The first kappa shape index (κ1) is 27.5. The van der Waals surface area contributed by atoms with Crippen molar-refractivity contribution in [2.75, 3.05) is 20.2 Å². The zero-order valence-electron chi connectivity index (χ0n) is 19.1. The van der Waals surface area contributed by atoms with E-state index in [1.165, 1.54) is 18.9 Å². The number of hydrazone groups is 1. The Morgan fingerprint density at radius 3 is 2.22 bits per heavy atom. The third kappa shape index (κ3) is 4.78. The molecule has 200 valence electrons. The summed E-state index contributed by atoms with van der Waals surface area (Å²) in [5.41, 5.74) is 1.41. The normalized spacial score (nSPS) is 18.7. The summed E-state index contributed by atoms with van der Waals surface area (Å²) in [6, 6.07) is 0. The topological polar surface area (TPSA) is 101 Å². The van der Waals surface area contributed by atoms with Crippen LogP contribution in [-0.4, -0.2) is 66.6 Å². The molecule has 1 N–H and O–H groups in total. The molecule has 0 atom stereocenters. The number of aryl methyl sites for hydroxylation is 1. The molecule has 0 bridgehead atoms. The summed E-state index contributed by atoms with van der Waals surface area (Å²) < 4.78 is 101. The number of carbonyl (C=O) groups excluding carboxylic acids is 3. The Balaban J connectivity index is 1.80. The number of fused-ring (bicyclic) bond motifs is 1. The van der Waals surface area contributed by atoms with Crippen LogP contribution in [0.15, 0.2) is 9.52 Å². The zero-order chi connectivity index (χ0) is 27.1. The molecule has 15 heteroatoms. The highest BCUT2D eigenvalue weighted by Gasteiger charge is 2.76. The lowest BCUT2D eigenvalue weighted by Crippen LogP contribution is -2.58. The van der Waals surface area contributed by atoms with Crippen molar-refractivity contribution in [3.63, 3.8) is 0 Å². The van der Waals surface area contributed by atoms with E-state index in [2.05, 4.69) is 5.10 Å². The van der Waals surface area contributed by atoms with E-state index in [-0.39, 0.29) is 59.8 Å². The summed E-state index contributed by atoms with van der Waals surface area (Å²) >= 11 is 0. The minimum atomic E-state index is -6.67. The quantitative estimate of drug-likeness (QED) is 0.357. The summed E-state index contributed by atoms with van der Waals surface area (Å²) in [4.78, 5) is 37.7. The van der Waals surface area contributed by atoms with Gasteiger partial charge in [-0.25, -0.2) is 5.43 Å². The number of nitrogens with zero attached hydrogens (tertiary/aromatic N) is 2. The van der Waals surface area contributed by atoms with E-state index in [0.29, 0.717) is 25.7 Å². The van der Waals surface area contributed by atoms with E-state index in [0.717, 1.165) is 5.43 Å². The molecule has 0 radical (unpaired) electrons.